The summed E-state index contributed by atoms with van der Waals surface area (Å²) in [7, 11) is 1.57. The van der Waals surface area contributed by atoms with Crippen molar-refractivity contribution in [2.24, 2.45) is 0 Å². The Morgan fingerprint density at radius 2 is 2.17 bits per heavy atom. The van der Waals surface area contributed by atoms with Crippen LogP contribution >= 0.6 is 15.9 Å². The fourth-order valence-corrected chi connectivity index (χ4v) is 1.63. The maximum Gasteiger partial charge on any atom is 0.407 e. The molecule has 5 nitrogen and oxygen atoms in total. The molecule has 0 aromatic carbocycles. The number of amides is 1. The first-order chi connectivity index (χ1) is 8.31. The Labute approximate surface area is 115 Å². The van der Waals surface area contributed by atoms with Gasteiger partial charge in [-0.3, -0.25) is 4.98 Å². The van der Waals surface area contributed by atoms with Crippen LogP contribution in [-0.2, 0) is 11.3 Å². The van der Waals surface area contributed by atoms with Crippen molar-refractivity contribution in [1.29, 1.82) is 0 Å². The van der Waals surface area contributed by atoms with Crippen LogP contribution in [0.1, 0.15) is 26.5 Å². The fourth-order valence-electron chi connectivity index (χ4n) is 1.16. The van der Waals surface area contributed by atoms with E-state index in [0.717, 1.165) is 4.47 Å². The first-order valence-electron chi connectivity index (χ1n) is 5.47. The molecule has 0 atom stereocenters. The molecule has 6 heteroatoms. The Balaban J connectivity index is 2.56. The summed E-state index contributed by atoms with van der Waals surface area (Å²) in [5, 5.41) is 2.64. The van der Waals surface area contributed by atoms with E-state index >= 15 is 0 Å². The maximum atomic E-state index is 11.5. The molecule has 1 aromatic heterocycles. The number of nitrogens with one attached hydrogen (secondary N) is 1. The molecule has 1 amide bonds. The van der Waals surface area contributed by atoms with Crippen LogP contribution in [0.3, 0.4) is 0 Å². The molecule has 0 spiro atoms. The lowest BCUT2D eigenvalue weighted by Gasteiger charge is -2.19. The number of hydrogen-bond donors (Lipinski definition) is 1. The van der Waals surface area contributed by atoms with Gasteiger partial charge in [0.2, 0.25) is 0 Å². The van der Waals surface area contributed by atoms with E-state index in [1.54, 1.807) is 19.4 Å². The predicted octanol–water partition coefficient (Wildman–Crippen LogP) is 2.88. The van der Waals surface area contributed by atoms with E-state index in [-0.39, 0.29) is 0 Å². The lowest BCUT2D eigenvalue weighted by atomic mass is 10.2. The van der Waals surface area contributed by atoms with Crippen molar-refractivity contribution in [3.05, 3.63) is 22.4 Å². The number of ether oxygens (including phenoxy) is 2. The molecule has 1 N–H and O–H groups in total. The van der Waals surface area contributed by atoms with Crippen molar-refractivity contribution in [3.63, 3.8) is 0 Å². The normalized spacial score (nSPS) is 10.9. The number of nitrogens with zero attached hydrogens (tertiary/aromatic N) is 1. The lowest BCUT2D eigenvalue weighted by Crippen LogP contribution is -2.32. The van der Waals surface area contributed by atoms with Gasteiger partial charge >= 0.3 is 6.09 Å². The van der Waals surface area contributed by atoms with Crippen molar-refractivity contribution in [2.75, 3.05) is 7.11 Å². The van der Waals surface area contributed by atoms with E-state index < -0.39 is 11.7 Å². The zero-order valence-electron chi connectivity index (χ0n) is 10.9. The van der Waals surface area contributed by atoms with E-state index in [0.29, 0.717) is 18.0 Å². The number of methoxy groups -OCH3 is 1. The molecule has 0 saturated carbocycles. The first-order valence-corrected chi connectivity index (χ1v) is 6.26. The summed E-state index contributed by atoms with van der Waals surface area (Å²) in [6.45, 7) is 5.73. The molecule has 1 rings (SSSR count). The molecule has 0 aliphatic carbocycles. The van der Waals surface area contributed by atoms with Gasteiger partial charge in [0.05, 0.1) is 25.5 Å². The Bertz CT molecular complexity index is 430. The average Bonchev–Trinajstić information content (AvgIpc) is 2.25. The van der Waals surface area contributed by atoms with Gasteiger partial charge in [-0.15, -0.1) is 0 Å². The number of hydrogen-bond acceptors (Lipinski definition) is 4. The molecular formula is C12H17BrN2O3. The Morgan fingerprint density at radius 3 is 2.67 bits per heavy atom. The summed E-state index contributed by atoms with van der Waals surface area (Å²) >= 11 is 3.36. The number of halogens is 1. The second kappa shape index (κ2) is 6.04. The largest absolute Gasteiger partial charge is 0.495 e. The van der Waals surface area contributed by atoms with E-state index in [1.165, 1.54) is 0 Å². The molecule has 0 radical (unpaired) electrons. The molecular weight excluding hydrogens is 300 g/mol. The summed E-state index contributed by atoms with van der Waals surface area (Å²) in [6.07, 6.45) is 1.13. The number of aromatic nitrogens is 1. The second-order valence-corrected chi connectivity index (χ2v) is 5.51. The fraction of sp³-hybridized carbons (Fsp3) is 0.500. The molecule has 0 fully saturated rings. The molecule has 100 valence electrons. The van der Waals surface area contributed by atoms with Crippen molar-refractivity contribution in [2.45, 2.75) is 32.9 Å². The lowest BCUT2D eigenvalue weighted by molar-refractivity contribution is 0.0523. The smallest absolute Gasteiger partial charge is 0.407 e. The van der Waals surface area contributed by atoms with Crippen molar-refractivity contribution < 1.29 is 14.3 Å². The van der Waals surface area contributed by atoms with Crippen LogP contribution in [0.2, 0.25) is 0 Å². The third-order valence-corrected chi connectivity index (χ3v) is 2.61. The Kier molecular flexibility index (Phi) is 4.95. The highest BCUT2D eigenvalue weighted by Gasteiger charge is 2.16. The van der Waals surface area contributed by atoms with Gasteiger partial charge in [0.1, 0.15) is 11.4 Å². The monoisotopic (exact) mass is 316 g/mol. The number of pyridine rings is 1. The molecule has 0 aliphatic rings. The van der Waals surface area contributed by atoms with Gasteiger partial charge in [0.25, 0.3) is 0 Å². The minimum atomic E-state index is -0.505. The molecule has 1 aromatic rings. The van der Waals surface area contributed by atoms with E-state index in [9.17, 15) is 4.79 Å². The van der Waals surface area contributed by atoms with Crippen LogP contribution in [0.25, 0.3) is 0 Å². The van der Waals surface area contributed by atoms with Crippen LogP contribution < -0.4 is 10.1 Å². The third-order valence-electron chi connectivity index (χ3n) is 1.93. The summed E-state index contributed by atoms with van der Waals surface area (Å²) in [5.74, 6) is 0.655. The van der Waals surface area contributed by atoms with Crippen LogP contribution in [0.15, 0.2) is 16.7 Å². The minimum Gasteiger partial charge on any atom is -0.495 e. The zero-order valence-corrected chi connectivity index (χ0v) is 12.5. The van der Waals surface area contributed by atoms with Gasteiger partial charge < -0.3 is 14.8 Å². The Morgan fingerprint density at radius 1 is 1.50 bits per heavy atom. The number of carbonyl (C=O) groups excluding carboxylic acids is 1. The highest BCUT2D eigenvalue weighted by Crippen LogP contribution is 2.20. The van der Waals surface area contributed by atoms with Crippen LogP contribution in [0.4, 0.5) is 4.79 Å². The van der Waals surface area contributed by atoms with Crippen molar-refractivity contribution in [3.8, 4) is 5.75 Å². The third kappa shape index (κ3) is 4.91. The second-order valence-electron chi connectivity index (χ2n) is 4.66. The highest BCUT2D eigenvalue weighted by molar-refractivity contribution is 9.10. The average molecular weight is 317 g/mol. The van der Waals surface area contributed by atoms with Gasteiger partial charge in [-0.05, 0) is 42.8 Å². The van der Waals surface area contributed by atoms with Gasteiger partial charge in [-0.1, -0.05) is 0 Å². The van der Waals surface area contributed by atoms with Gasteiger partial charge in [0, 0.05) is 4.47 Å². The zero-order chi connectivity index (χ0) is 13.8. The topological polar surface area (TPSA) is 60.5 Å². The summed E-state index contributed by atoms with van der Waals surface area (Å²) in [6, 6.07) is 1.79. The molecule has 0 bridgehead atoms. The summed E-state index contributed by atoms with van der Waals surface area (Å²) in [4.78, 5) is 15.6. The number of alkyl carbamates (subject to hydrolysis) is 1. The standard InChI is InChI=1S/C12H17BrN2O3/c1-12(2,3)18-11(16)15-7-10-9(13)5-8(17-4)6-14-10/h5-6H,7H2,1-4H3,(H,15,16). The summed E-state index contributed by atoms with van der Waals surface area (Å²) < 4.78 is 10.9. The summed E-state index contributed by atoms with van der Waals surface area (Å²) in [5.41, 5.74) is 0.205. The molecule has 0 aliphatic heterocycles. The molecule has 0 saturated heterocycles. The molecule has 18 heavy (non-hydrogen) atoms. The van der Waals surface area contributed by atoms with Crippen LogP contribution in [0.5, 0.6) is 5.75 Å². The molecule has 0 unspecified atom stereocenters. The minimum absolute atomic E-state index is 0.291. The predicted molar refractivity (Wildman–Crippen MR) is 71.6 cm³/mol. The van der Waals surface area contributed by atoms with Crippen molar-refractivity contribution >= 4 is 22.0 Å². The van der Waals surface area contributed by atoms with Crippen molar-refractivity contribution in [1.82, 2.24) is 10.3 Å². The van der Waals surface area contributed by atoms with E-state index in [4.69, 9.17) is 9.47 Å². The van der Waals surface area contributed by atoms with E-state index in [1.807, 2.05) is 20.8 Å². The van der Waals surface area contributed by atoms with Gasteiger partial charge in [0.15, 0.2) is 0 Å². The van der Waals surface area contributed by atoms with Crippen LogP contribution in [0, 0.1) is 0 Å². The maximum absolute atomic E-state index is 11.5. The number of carbonyl (C=O) groups is 1. The quantitative estimate of drug-likeness (QED) is 0.931. The van der Waals surface area contributed by atoms with Gasteiger partial charge in [-0.2, -0.15) is 0 Å². The highest BCUT2D eigenvalue weighted by atomic mass is 79.9. The van der Waals surface area contributed by atoms with Crippen LogP contribution in [-0.4, -0.2) is 23.8 Å². The number of rotatable bonds is 3. The SMILES string of the molecule is COc1cnc(CNC(=O)OC(C)(C)C)c(Br)c1. The van der Waals surface area contributed by atoms with E-state index in [2.05, 4.69) is 26.2 Å². The molecule has 1 heterocycles. The first kappa shape index (κ1) is 14.8. The van der Waals surface area contributed by atoms with Gasteiger partial charge in [-0.25, -0.2) is 4.79 Å². The Hall–Kier alpha value is -1.30.